The maximum Gasteiger partial charge on any atom is 0.248 e. The standard InChI is InChI=1S/C25H39N3O/c1-2-3-4-5-6-7-8-9-10-11-12-13-14-15-16-17-22-25(29)28-24-21-19-18-20-23(24)26-27-28/h11-12,18-21H,2-10,13-17,22H2,1H3/b12-11+. The monoisotopic (exact) mass is 397 g/mol. The molecule has 0 saturated carbocycles. The van der Waals surface area contributed by atoms with Gasteiger partial charge in [-0.3, -0.25) is 4.79 Å². The SMILES string of the molecule is CCCCCCCCCC/C=C/CCCCCCC(=O)n1nnc2ccccc21. The van der Waals surface area contributed by atoms with Crippen molar-refractivity contribution < 1.29 is 4.79 Å². The average molecular weight is 398 g/mol. The van der Waals surface area contributed by atoms with Gasteiger partial charge in [0.05, 0.1) is 5.52 Å². The number of nitrogens with zero attached hydrogens (tertiary/aromatic N) is 3. The van der Waals surface area contributed by atoms with Crippen LogP contribution in [-0.2, 0) is 0 Å². The van der Waals surface area contributed by atoms with Crippen molar-refractivity contribution in [2.45, 2.75) is 103 Å². The lowest BCUT2D eigenvalue weighted by Gasteiger charge is -2.02. The van der Waals surface area contributed by atoms with Crippen molar-refractivity contribution in [3.05, 3.63) is 36.4 Å². The molecule has 0 bridgehead atoms. The molecule has 0 aliphatic heterocycles. The molecular weight excluding hydrogens is 358 g/mol. The first-order valence-corrected chi connectivity index (χ1v) is 11.8. The van der Waals surface area contributed by atoms with Gasteiger partial charge in [-0.1, -0.05) is 94.2 Å². The first-order valence-electron chi connectivity index (χ1n) is 11.8. The molecule has 4 nitrogen and oxygen atoms in total. The second kappa shape index (κ2) is 14.9. The fraction of sp³-hybridized carbons (Fsp3) is 0.640. The molecule has 0 spiro atoms. The highest BCUT2D eigenvalue weighted by atomic mass is 16.2. The molecule has 0 radical (unpaired) electrons. The van der Waals surface area contributed by atoms with Crippen molar-refractivity contribution in [2.24, 2.45) is 0 Å². The summed E-state index contributed by atoms with van der Waals surface area (Å²) < 4.78 is 1.45. The molecule has 0 aliphatic rings. The van der Waals surface area contributed by atoms with Gasteiger partial charge in [-0.15, -0.1) is 5.10 Å². The van der Waals surface area contributed by atoms with Gasteiger partial charge >= 0.3 is 0 Å². The molecule has 0 unspecified atom stereocenters. The summed E-state index contributed by atoms with van der Waals surface area (Å²) >= 11 is 0. The Morgan fingerprint density at radius 3 is 2.10 bits per heavy atom. The topological polar surface area (TPSA) is 47.8 Å². The predicted octanol–water partition coefficient (Wildman–Crippen LogP) is 7.50. The van der Waals surface area contributed by atoms with E-state index in [0.29, 0.717) is 6.42 Å². The van der Waals surface area contributed by atoms with Gasteiger partial charge in [0.25, 0.3) is 0 Å². The van der Waals surface area contributed by atoms with E-state index in [2.05, 4.69) is 29.4 Å². The summed E-state index contributed by atoms with van der Waals surface area (Å²) in [7, 11) is 0. The molecule has 29 heavy (non-hydrogen) atoms. The van der Waals surface area contributed by atoms with Gasteiger partial charge in [-0.2, -0.15) is 4.68 Å². The molecule has 1 heterocycles. The van der Waals surface area contributed by atoms with E-state index in [1.165, 1.54) is 81.7 Å². The van der Waals surface area contributed by atoms with Crippen LogP contribution in [0.25, 0.3) is 11.0 Å². The van der Waals surface area contributed by atoms with E-state index in [0.717, 1.165) is 23.9 Å². The molecule has 0 amide bonds. The second-order valence-corrected chi connectivity index (χ2v) is 8.07. The lowest BCUT2D eigenvalue weighted by molar-refractivity contribution is 0.0886. The van der Waals surface area contributed by atoms with Gasteiger partial charge < -0.3 is 0 Å². The smallest absolute Gasteiger partial charge is 0.248 e. The maximum atomic E-state index is 12.3. The van der Waals surface area contributed by atoms with E-state index in [4.69, 9.17) is 0 Å². The van der Waals surface area contributed by atoms with Crippen LogP contribution in [0.4, 0.5) is 0 Å². The molecule has 0 saturated heterocycles. The highest BCUT2D eigenvalue weighted by Crippen LogP contribution is 2.13. The third-order valence-electron chi connectivity index (χ3n) is 5.49. The molecule has 0 fully saturated rings. The predicted molar refractivity (Wildman–Crippen MR) is 122 cm³/mol. The molecule has 2 rings (SSSR count). The number of rotatable bonds is 16. The Morgan fingerprint density at radius 1 is 0.828 bits per heavy atom. The summed E-state index contributed by atoms with van der Waals surface area (Å²) in [5, 5.41) is 8.04. The van der Waals surface area contributed by atoms with Crippen molar-refractivity contribution in [2.75, 3.05) is 0 Å². The molecule has 0 aliphatic carbocycles. The Labute approximate surface area is 176 Å². The Morgan fingerprint density at radius 2 is 1.41 bits per heavy atom. The molecule has 4 heteroatoms. The summed E-state index contributed by atoms with van der Waals surface area (Å²) in [6, 6.07) is 7.61. The molecule has 2 aromatic rings. The number of aromatic nitrogens is 3. The maximum absolute atomic E-state index is 12.3. The molecular formula is C25H39N3O. The third-order valence-corrected chi connectivity index (χ3v) is 5.49. The number of benzene rings is 1. The van der Waals surface area contributed by atoms with Crippen molar-refractivity contribution in [1.82, 2.24) is 15.0 Å². The Bertz CT molecular complexity index is 720. The van der Waals surface area contributed by atoms with Gasteiger partial charge in [0, 0.05) is 6.42 Å². The highest BCUT2D eigenvalue weighted by Gasteiger charge is 2.10. The van der Waals surface area contributed by atoms with E-state index < -0.39 is 0 Å². The third kappa shape index (κ3) is 9.38. The van der Waals surface area contributed by atoms with Gasteiger partial charge in [-0.05, 0) is 44.2 Å². The van der Waals surface area contributed by atoms with Crippen LogP contribution in [0.2, 0.25) is 0 Å². The van der Waals surface area contributed by atoms with Gasteiger partial charge in [-0.25, -0.2) is 0 Å². The van der Waals surface area contributed by atoms with Crippen molar-refractivity contribution in [3.8, 4) is 0 Å². The summed E-state index contributed by atoms with van der Waals surface area (Å²) in [6.45, 7) is 2.27. The second-order valence-electron chi connectivity index (χ2n) is 8.07. The minimum atomic E-state index is 0.0453. The summed E-state index contributed by atoms with van der Waals surface area (Å²) in [5.41, 5.74) is 1.58. The van der Waals surface area contributed by atoms with E-state index in [1.807, 2.05) is 24.3 Å². The first kappa shape index (κ1) is 23.3. The number of para-hydroxylation sites is 1. The summed E-state index contributed by atoms with van der Waals surface area (Å²) in [5.74, 6) is 0.0453. The lowest BCUT2D eigenvalue weighted by Crippen LogP contribution is -2.12. The number of fused-ring (bicyclic) bond motifs is 1. The van der Waals surface area contributed by atoms with Crippen LogP contribution in [0.1, 0.15) is 108 Å². The largest absolute Gasteiger partial charge is 0.273 e. The molecule has 0 atom stereocenters. The quantitative estimate of drug-likeness (QED) is 0.218. The minimum absolute atomic E-state index is 0.0453. The van der Waals surface area contributed by atoms with Crippen molar-refractivity contribution >= 4 is 16.9 Å². The van der Waals surface area contributed by atoms with Gasteiger partial charge in [0.15, 0.2) is 0 Å². The average Bonchev–Trinajstić information content (AvgIpc) is 3.17. The zero-order valence-corrected chi connectivity index (χ0v) is 18.3. The van der Waals surface area contributed by atoms with Gasteiger partial charge in [0.2, 0.25) is 5.91 Å². The van der Waals surface area contributed by atoms with E-state index in [9.17, 15) is 4.79 Å². The summed E-state index contributed by atoms with van der Waals surface area (Å²) in [6.07, 6.45) is 23.2. The summed E-state index contributed by atoms with van der Waals surface area (Å²) in [4.78, 5) is 12.3. The highest BCUT2D eigenvalue weighted by molar-refractivity contribution is 5.88. The number of unbranched alkanes of at least 4 members (excludes halogenated alkanes) is 12. The Kier molecular flexibility index (Phi) is 12.0. The fourth-order valence-electron chi connectivity index (χ4n) is 3.68. The zero-order valence-electron chi connectivity index (χ0n) is 18.3. The first-order chi connectivity index (χ1) is 14.3. The van der Waals surface area contributed by atoms with E-state index in [1.54, 1.807) is 0 Å². The Hall–Kier alpha value is -1.97. The number of allylic oxidation sites excluding steroid dienone is 2. The number of carbonyl (C=O) groups excluding carboxylic acids is 1. The number of hydrogen-bond acceptors (Lipinski definition) is 3. The Balaban J connectivity index is 1.41. The fourth-order valence-corrected chi connectivity index (χ4v) is 3.68. The minimum Gasteiger partial charge on any atom is -0.273 e. The van der Waals surface area contributed by atoms with Crippen LogP contribution < -0.4 is 0 Å². The van der Waals surface area contributed by atoms with Crippen LogP contribution in [0.3, 0.4) is 0 Å². The van der Waals surface area contributed by atoms with Crippen LogP contribution >= 0.6 is 0 Å². The number of hydrogen-bond donors (Lipinski definition) is 0. The van der Waals surface area contributed by atoms with Crippen molar-refractivity contribution in [1.29, 1.82) is 0 Å². The van der Waals surface area contributed by atoms with E-state index in [-0.39, 0.29) is 5.91 Å². The zero-order chi connectivity index (χ0) is 20.6. The lowest BCUT2D eigenvalue weighted by atomic mass is 10.1. The number of carbonyl (C=O) groups is 1. The van der Waals surface area contributed by atoms with Crippen LogP contribution in [0, 0.1) is 0 Å². The normalized spacial score (nSPS) is 11.6. The molecule has 160 valence electrons. The molecule has 1 aromatic heterocycles. The van der Waals surface area contributed by atoms with Crippen LogP contribution in [0.15, 0.2) is 36.4 Å². The van der Waals surface area contributed by atoms with Gasteiger partial charge in [0.1, 0.15) is 5.52 Å². The van der Waals surface area contributed by atoms with Crippen LogP contribution in [0.5, 0.6) is 0 Å². The van der Waals surface area contributed by atoms with Crippen LogP contribution in [-0.4, -0.2) is 20.9 Å². The van der Waals surface area contributed by atoms with Crippen molar-refractivity contribution in [3.63, 3.8) is 0 Å². The molecule has 0 N–H and O–H groups in total. The molecule has 1 aromatic carbocycles. The van der Waals surface area contributed by atoms with E-state index >= 15 is 0 Å².